The number of nitrogens with one attached hydrogen (secondary N) is 1. The number of carbonyl (C=O) groups is 2. The largest absolute Gasteiger partial charge is 0.471 e. The number of carbonyl (C=O) groups excluding carboxylic acids is 2. The monoisotopic (exact) mass is 455 g/mol. The third-order valence-corrected chi connectivity index (χ3v) is 6.39. The minimum atomic E-state index is -4.98. The Morgan fingerprint density at radius 2 is 1.71 bits per heavy atom. The van der Waals surface area contributed by atoms with E-state index < -0.39 is 22.1 Å². The molecule has 2 aromatic carbocycles. The SMILES string of the molecule is CC(=O)N(C)c1ccc(NS(=O)(=O)c2ccc3c(c2)CN(C(=O)C(F)(F)F)CC3)cc1. The normalized spacial score (nSPS) is 14.0. The molecule has 7 nitrogen and oxygen atoms in total. The molecule has 3 rings (SSSR count). The Morgan fingerprint density at radius 1 is 1.06 bits per heavy atom. The van der Waals surface area contributed by atoms with Crippen molar-refractivity contribution in [3.63, 3.8) is 0 Å². The molecule has 0 saturated carbocycles. The molecule has 0 bridgehead atoms. The van der Waals surface area contributed by atoms with Crippen molar-refractivity contribution in [3.8, 4) is 0 Å². The number of alkyl halides is 3. The molecule has 1 aliphatic rings. The number of hydrogen-bond donors (Lipinski definition) is 1. The van der Waals surface area contributed by atoms with Crippen LogP contribution >= 0.6 is 0 Å². The van der Waals surface area contributed by atoms with Crippen molar-refractivity contribution >= 4 is 33.2 Å². The van der Waals surface area contributed by atoms with E-state index in [4.69, 9.17) is 0 Å². The van der Waals surface area contributed by atoms with Gasteiger partial charge in [-0.2, -0.15) is 13.2 Å². The first-order valence-electron chi connectivity index (χ1n) is 9.23. The number of halogens is 3. The lowest BCUT2D eigenvalue weighted by molar-refractivity contribution is -0.186. The molecular weight excluding hydrogens is 435 g/mol. The highest BCUT2D eigenvalue weighted by Gasteiger charge is 2.43. The second-order valence-electron chi connectivity index (χ2n) is 7.14. The highest BCUT2D eigenvalue weighted by Crippen LogP contribution is 2.27. The van der Waals surface area contributed by atoms with Gasteiger partial charge < -0.3 is 9.80 Å². The van der Waals surface area contributed by atoms with Crippen LogP contribution in [0.25, 0.3) is 0 Å². The lowest BCUT2D eigenvalue weighted by Gasteiger charge is -2.29. The van der Waals surface area contributed by atoms with Gasteiger partial charge in [-0.05, 0) is 53.9 Å². The van der Waals surface area contributed by atoms with E-state index in [-0.39, 0.29) is 36.0 Å². The molecule has 2 aromatic rings. The first kappa shape index (κ1) is 22.6. The van der Waals surface area contributed by atoms with E-state index >= 15 is 0 Å². The maximum Gasteiger partial charge on any atom is 0.471 e. The van der Waals surface area contributed by atoms with Gasteiger partial charge in [0.2, 0.25) is 5.91 Å². The van der Waals surface area contributed by atoms with E-state index in [0.29, 0.717) is 21.7 Å². The summed E-state index contributed by atoms with van der Waals surface area (Å²) in [7, 11) is -2.43. The van der Waals surface area contributed by atoms with Crippen LogP contribution in [0.3, 0.4) is 0 Å². The van der Waals surface area contributed by atoms with Crippen molar-refractivity contribution in [1.82, 2.24) is 4.90 Å². The Kier molecular flexibility index (Phi) is 5.99. The highest BCUT2D eigenvalue weighted by atomic mass is 32.2. The van der Waals surface area contributed by atoms with E-state index in [1.165, 1.54) is 36.1 Å². The van der Waals surface area contributed by atoms with Crippen LogP contribution in [-0.2, 0) is 32.6 Å². The minimum absolute atomic E-state index is 0.0866. The van der Waals surface area contributed by atoms with Crippen molar-refractivity contribution in [3.05, 3.63) is 53.6 Å². The number of benzene rings is 2. The van der Waals surface area contributed by atoms with Crippen LogP contribution in [0, 0.1) is 0 Å². The second kappa shape index (κ2) is 8.22. The third kappa shape index (κ3) is 4.98. The fraction of sp³-hybridized carbons (Fsp3) is 0.300. The molecule has 0 fully saturated rings. The Morgan fingerprint density at radius 3 is 2.29 bits per heavy atom. The number of amides is 2. The van der Waals surface area contributed by atoms with Gasteiger partial charge in [-0.1, -0.05) is 6.07 Å². The number of fused-ring (bicyclic) bond motifs is 1. The highest BCUT2D eigenvalue weighted by molar-refractivity contribution is 7.92. The van der Waals surface area contributed by atoms with Crippen molar-refractivity contribution in [1.29, 1.82) is 0 Å². The third-order valence-electron chi connectivity index (χ3n) is 5.01. The summed E-state index contributed by atoms with van der Waals surface area (Å²) in [5.41, 5.74) is 1.89. The lowest BCUT2D eigenvalue weighted by Crippen LogP contribution is -2.43. The molecule has 2 amide bonds. The molecule has 1 aliphatic heterocycles. The number of nitrogens with zero attached hydrogens (tertiary/aromatic N) is 2. The van der Waals surface area contributed by atoms with Crippen LogP contribution in [0.5, 0.6) is 0 Å². The van der Waals surface area contributed by atoms with Crippen molar-refractivity contribution in [2.75, 3.05) is 23.2 Å². The van der Waals surface area contributed by atoms with Crippen LogP contribution in [-0.4, -0.2) is 44.9 Å². The summed E-state index contributed by atoms with van der Waals surface area (Å²) in [4.78, 5) is 24.9. The molecule has 0 aliphatic carbocycles. The molecule has 0 spiro atoms. The smallest absolute Gasteiger partial charge is 0.330 e. The molecular formula is C20H20F3N3O4S. The molecule has 1 heterocycles. The van der Waals surface area contributed by atoms with E-state index in [1.54, 1.807) is 25.2 Å². The summed E-state index contributed by atoms with van der Waals surface area (Å²) in [6, 6.07) is 10.3. The quantitative estimate of drug-likeness (QED) is 0.768. The van der Waals surface area contributed by atoms with Gasteiger partial charge in [0, 0.05) is 38.4 Å². The van der Waals surface area contributed by atoms with Crippen LogP contribution in [0.2, 0.25) is 0 Å². The molecule has 11 heteroatoms. The number of hydrogen-bond acceptors (Lipinski definition) is 4. The van der Waals surface area contributed by atoms with Crippen molar-refractivity contribution in [2.24, 2.45) is 0 Å². The number of anilines is 2. The first-order valence-corrected chi connectivity index (χ1v) is 10.7. The zero-order valence-corrected chi connectivity index (χ0v) is 17.5. The maximum atomic E-state index is 12.8. The maximum absolute atomic E-state index is 12.8. The zero-order valence-electron chi connectivity index (χ0n) is 16.7. The van der Waals surface area contributed by atoms with Gasteiger partial charge in [0.1, 0.15) is 0 Å². The van der Waals surface area contributed by atoms with E-state index in [0.717, 1.165) is 0 Å². The van der Waals surface area contributed by atoms with Crippen LogP contribution in [0.15, 0.2) is 47.4 Å². The van der Waals surface area contributed by atoms with E-state index in [1.807, 2.05) is 0 Å². The topological polar surface area (TPSA) is 86.8 Å². The standard InChI is InChI=1S/C20H20F3N3O4S/c1-13(27)25(2)17-6-4-16(5-7-17)24-31(29,30)18-8-3-14-9-10-26(12-15(14)11-18)19(28)20(21,22)23/h3-8,11,24H,9-10,12H2,1-2H3. The van der Waals surface area contributed by atoms with Gasteiger partial charge >= 0.3 is 12.1 Å². The Hall–Kier alpha value is -3.08. The van der Waals surface area contributed by atoms with Crippen molar-refractivity contribution < 1.29 is 31.2 Å². The van der Waals surface area contributed by atoms with Crippen LogP contribution < -0.4 is 9.62 Å². The molecule has 0 atom stereocenters. The molecule has 1 N–H and O–H groups in total. The summed E-state index contributed by atoms with van der Waals surface area (Å²) < 4.78 is 66.1. The van der Waals surface area contributed by atoms with Gasteiger partial charge in [-0.3, -0.25) is 14.3 Å². The summed E-state index contributed by atoms with van der Waals surface area (Å²) in [5.74, 6) is -2.12. The number of rotatable bonds is 4. The van der Waals surface area contributed by atoms with Crippen LogP contribution in [0.1, 0.15) is 18.1 Å². The summed E-state index contributed by atoms with van der Waals surface area (Å²) in [6.07, 6.45) is -4.78. The van der Waals surface area contributed by atoms with Gasteiger partial charge in [0.05, 0.1) is 4.90 Å². The Labute approximate surface area is 177 Å². The fourth-order valence-electron chi connectivity index (χ4n) is 3.20. The molecule has 0 unspecified atom stereocenters. The fourth-order valence-corrected chi connectivity index (χ4v) is 4.31. The Bertz CT molecular complexity index is 1120. The van der Waals surface area contributed by atoms with E-state index in [2.05, 4.69) is 4.72 Å². The second-order valence-corrected chi connectivity index (χ2v) is 8.82. The average molecular weight is 455 g/mol. The zero-order chi connectivity index (χ0) is 23.0. The molecule has 166 valence electrons. The van der Waals surface area contributed by atoms with Gasteiger partial charge in [0.25, 0.3) is 10.0 Å². The first-order chi connectivity index (χ1) is 14.4. The van der Waals surface area contributed by atoms with Crippen LogP contribution in [0.4, 0.5) is 24.5 Å². The molecule has 0 radical (unpaired) electrons. The van der Waals surface area contributed by atoms with Crippen molar-refractivity contribution in [2.45, 2.75) is 31.0 Å². The van der Waals surface area contributed by atoms with Gasteiger partial charge in [-0.25, -0.2) is 8.42 Å². The van der Waals surface area contributed by atoms with E-state index in [9.17, 15) is 31.2 Å². The molecule has 0 saturated heterocycles. The lowest BCUT2D eigenvalue weighted by atomic mass is 10.00. The molecule has 0 aromatic heterocycles. The van der Waals surface area contributed by atoms with Gasteiger partial charge in [0.15, 0.2) is 0 Å². The summed E-state index contributed by atoms with van der Waals surface area (Å²) >= 11 is 0. The number of sulfonamides is 1. The van der Waals surface area contributed by atoms with Gasteiger partial charge in [-0.15, -0.1) is 0 Å². The predicted molar refractivity (Wildman–Crippen MR) is 108 cm³/mol. The predicted octanol–water partition coefficient (Wildman–Crippen LogP) is 2.92. The summed E-state index contributed by atoms with van der Waals surface area (Å²) in [6.45, 7) is 0.996. The summed E-state index contributed by atoms with van der Waals surface area (Å²) in [5, 5.41) is 0. The Balaban J connectivity index is 1.80. The average Bonchev–Trinajstić information content (AvgIpc) is 2.71. The molecule has 31 heavy (non-hydrogen) atoms. The minimum Gasteiger partial charge on any atom is -0.330 e.